The molecule has 2 nitrogen and oxygen atoms in total. The summed E-state index contributed by atoms with van der Waals surface area (Å²) in [4.78, 5) is 1.04. The lowest BCUT2D eigenvalue weighted by molar-refractivity contribution is -0.644. The van der Waals surface area contributed by atoms with Gasteiger partial charge in [0.2, 0.25) is 4.83 Å². The van der Waals surface area contributed by atoms with Crippen LogP contribution in [0.15, 0.2) is 48.5 Å². The van der Waals surface area contributed by atoms with Gasteiger partial charge in [0.05, 0.1) is 16.7 Å². The zero-order valence-corrected chi connectivity index (χ0v) is 11.4. The minimum Gasteiger partial charge on any atom is -0.224 e. The number of hydrogen-bond acceptors (Lipinski definition) is 1. The van der Waals surface area contributed by atoms with Crippen LogP contribution in [0.5, 0.6) is 0 Å². The highest BCUT2D eigenvalue weighted by Gasteiger charge is 2.34. The van der Waals surface area contributed by atoms with Gasteiger partial charge in [0.1, 0.15) is 6.54 Å². The van der Waals surface area contributed by atoms with E-state index in [1.807, 2.05) is 36.4 Å². The van der Waals surface area contributed by atoms with Crippen molar-refractivity contribution in [2.45, 2.75) is 6.54 Å². The molecule has 0 saturated carbocycles. The second kappa shape index (κ2) is 3.49. The van der Waals surface area contributed by atoms with E-state index in [-0.39, 0.29) is 0 Å². The summed E-state index contributed by atoms with van der Waals surface area (Å²) >= 11 is 1.67. The maximum absolute atomic E-state index is 8.08. The first-order chi connectivity index (χ1) is 11.1. The van der Waals surface area contributed by atoms with Crippen molar-refractivity contribution in [3.05, 3.63) is 54.1 Å². The fourth-order valence-corrected chi connectivity index (χ4v) is 4.39. The standard InChI is InChI=1S/C17H13N2S/c1-18-15-13-8-4-5-9-14(13)20-17(15)19-10-11-6-2-3-7-12(11)16(18)19/h2-9H,10H2,1H3/q+1/i1D3. The molecule has 1 aliphatic heterocycles. The van der Waals surface area contributed by atoms with Crippen molar-refractivity contribution in [2.24, 2.45) is 6.98 Å². The van der Waals surface area contributed by atoms with Crippen LogP contribution in [0.3, 0.4) is 0 Å². The van der Waals surface area contributed by atoms with Crippen LogP contribution in [0.25, 0.3) is 31.8 Å². The molecule has 0 spiro atoms. The van der Waals surface area contributed by atoms with Crippen molar-refractivity contribution < 1.29 is 8.68 Å². The molecule has 0 amide bonds. The molecule has 96 valence electrons. The normalized spacial score (nSPS) is 15.9. The van der Waals surface area contributed by atoms with Crippen molar-refractivity contribution in [2.75, 3.05) is 0 Å². The van der Waals surface area contributed by atoms with Gasteiger partial charge in [-0.2, -0.15) is 0 Å². The fraction of sp³-hybridized carbons (Fsp3) is 0.118. The third-order valence-electron chi connectivity index (χ3n) is 4.07. The lowest BCUT2D eigenvalue weighted by atomic mass is 10.1. The van der Waals surface area contributed by atoms with E-state index in [0.29, 0.717) is 0 Å². The Bertz CT molecular complexity index is 1090. The quantitative estimate of drug-likeness (QED) is 0.382. The molecule has 0 bridgehead atoms. The maximum Gasteiger partial charge on any atom is 0.291 e. The molecule has 3 heterocycles. The monoisotopic (exact) mass is 280 g/mol. The predicted molar refractivity (Wildman–Crippen MR) is 83.0 cm³/mol. The van der Waals surface area contributed by atoms with Crippen LogP contribution in [0, 0.1) is 0 Å². The minimum absolute atomic E-state index is 0.734. The van der Waals surface area contributed by atoms with Crippen molar-refractivity contribution in [3.8, 4) is 11.4 Å². The van der Waals surface area contributed by atoms with Crippen molar-refractivity contribution in [1.29, 1.82) is 0 Å². The number of imidazole rings is 1. The molecule has 0 radical (unpaired) electrons. The number of hydrogen-bond donors (Lipinski definition) is 0. The molecule has 0 fully saturated rings. The van der Waals surface area contributed by atoms with E-state index in [2.05, 4.69) is 16.7 Å². The summed E-state index contributed by atoms with van der Waals surface area (Å²) < 4.78 is 29.1. The molecule has 0 atom stereocenters. The minimum atomic E-state index is -2.21. The van der Waals surface area contributed by atoms with Gasteiger partial charge in [-0.15, -0.1) is 0 Å². The lowest BCUT2D eigenvalue weighted by Crippen LogP contribution is -2.30. The average molecular weight is 280 g/mol. The van der Waals surface area contributed by atoms with Gasteiger partial charge in [0, 0.05) is 15.6 Å². The second-order valence-corrected chi connectivity index (χ2v) is 6.18. The van der Waals surface area contributed by atoms with E-state index in [1.165, 1.54) is 5.56 Å². The summed E-state index contributed by atoms with van der Waals surface area (Å²) in [5, 5.41) is 1.02. The van der Waals surface area contributed by atoms with Gasteiger partial charge in [0.25, 0.3) is 5.82 Å². The molecule has 0 unspecified atom stereocenters. The van der Waals surface area contributed by atoms with E-state index in [1.54, 1.807) is 15.9 Å². The van der Waals surface area contributed by atoms with Gasteiger partial charge in [-0.25, -0.2) is 9.13 Å². The van der Waals surface area contributed by atoms with Crippen LogP contribution in [0.2, 0.25) is 0 Å². The van der Waals surface area contributed by atoms with Crippen molar-refractivity contribution >= 4 is 31.8 Å². The lowest BCUT2D eigenvalue weighted by Gasteiger charge is -1.95. The van der Waals surface area contributed by atoms with Gasteiger partial charge in [-0.05, 0) is 18.2 Å². The summed E-state index contributed by atoms with van der Waals surface area (Å²) in [6, 6.07) is 16.1. The number of aryl methyl sites for hydroxylation is 1. The van der Waals surface area contributed by atoms with E-state index in [9.17, 15) is 0 Å². The first kappa shape index (κ1) is 8.22. The number of nitrogens with zero attached hydrogens (tertiary/aromatic N) is 2. The Kier molecular flexibility index (Phi) is 1.44. The first-order valence-electron chi connectivity index (χ1n) is 8.10. The van der Waals surface area contributed by atoms with Gasteiger partial charge in [-0.1, -0.05) is 41.7 Å². The summed E-state index contributed by atoms with van der Waals surface area (Å²) in [7, 11) is 0. The molecule has 2 aromatic heterocycles. The van der Waals surface area contributed by atoms with E-state index < -0.39 is 6.98 Å². The van der Waals surface area contributed by atoms with Crippen LogP contribution in [-0.4, -0.2) is 4.57 Å². The van der Waals surface area contributed by atoms with E-state index in [0.717, 1.165) is 38.4 Å². The van der Waals surface area contributed by atoms with Crippen LogP contribution in [-0.2, 0) is 13.5 Å². The summed E-state index contributed by atoms with van der Waals surface area (Å²) in [5.74, 6) is 0.799. The summed E-state index contributed by atoms with van der Waals surface area (Å²) in [5.41, 5.74) is 3.03. The Hall–Kier alpha value is -2.13. The second-order valence-electron chi connectivity index (χ2n) is 5.15. The maximum atomic E-state index is 8.08. The number of rotatable bonds is 0. The van der Waals surface area contributed by atoms with Crippen LogP contribution in [0.4, 0.5) is 0 Å². The highest BCUT2D eigenvalue weighted by Crippen LogP contribution is 2.37. The molecule has 0 saturated heterocycles. The average Bonchev–Trinajstić information content (AvgIpc) is 3.13. The third kappa shape index (κ3) is 1.12. The van der Waals surface area contributed by atoms with Gasteiger partial charge in [0.15, 0.2) is 5.52 Å². The van der Waals surface area contributed by atoms with E-state index in [4.69, 9.17) is 4.11 Å². The zero-order chi connectivity index (χ0) is 15.8. The largest absolute Gasteiger partial charge is 0.291 e. The molecule has 0 N–H and O–H groups in total. The third-order valence-corrected chi connectivity index (χ3v) is 5.26. The molecule has 3 heteroatoms. The van der Waals surface area contributed by atoms with Crippen LogP contribution < -0.4 is 4.57 Å². The molecule has 1 aliphatic rings. The smallest absolute Gasteiger partial charge is 0.224 e. The Morgan fingerprint density at radius 2 is 2.00 bits per heavy atom. The highest BCUT2D eigenvalue weighted by atomic mass is 32.1. The number of fused-ring (bicyclic) bond motifs is 7. The number of aromatic nitrogens is 2. The number of benzene rings is 2. The van der Waals surface area contributed by atoms with Gasteiger partial charge >= 0.3 is 0 Å². The molecule has 2 aromatic carbocycles. The number of thiophene rings is 1. The van der Waals surface area contributed by atoms with Crippen molar-refractivity contribution in [3.63, 3.8) is 0 Å². The predicted octanol–water partition coefficient (Wildman–Crippen LogP) is 3.71. The SMILES string of the molecule is [2H]C([2H])([2H])n1c2[n+](c3sc4ccccc4c31)Cc1ccccc1-2. The Labute approximate surface area is 124 Å². The van der Waals surface area contributed by atoms with Crippen molar-refractivity contribution in [1.82, 2.24) is 4.57 Å². The molecular formula is C17H13N2S+. The van der Waals surface area contributed by atoms with Gasteiger partial charge < -0.3 is 0 Å². The molecule has 0 aliphatic carbocycles. The topological polar surface area (TPSA) is 8.81 Å². The molecular weight excluding hydrogens is 264 g/mol. The first-order valence-corrected chi connectivity index (χ1v) is 7.42. The molecule has 4 aromatic rings. The van der Waals surface area contributed by atoms with Gasteiger partial charge in [-0.3, -0.25) is 0 Å². The summed E-state index contributed by atoms with van der Waals surface area (Å²) in [6.45, 7) is -1.47. The Morgan fingerprint density at radius 1 is 1.15 bits per heavy atom. The van der Waals surface area contributed by atoms with Crippen LogP contribution >= 0.6 is 11.3 Å². The fourth-order valence-electron chi connectivity index (χ4n) is 3.20. The zero-order valence-electron chi connectivity index (χ0n) is 13.6. The highest BCUT2D eigenvalue weighted by molar-refractivity contribution is 7.25. The van der Waals surface area contributed by atoms with E-state index >= 15 is 0 Å². The molecule has 5 rings (SSSR count). The summed E-state index contributed by atoms with van der Waals surface area (Å²) in [6.07, 6.45) is 0. The Balaban J connectivity index is 2.01. The Morgan fingerprint density at radius 3 is 2.95 bits per heavy atom. The van der Waals surface area contributed by atoms with Crippen LogP contribution in [0.1, 0.15) is 9.68 Å². The molecule has 20 heavy (non-hydrogen) atoms.